The molecule has 106 valence electrons. The third-order valence-electron chi connectivity index (χ3n) is 4.02. The maximum atomic E-state index is 9.94. The molecule has 4 heteroatoms. The van der Waals surface area contributed by atoms with Crippen molar-refractivity contribution in [1.29, 1.82) is 0 Å². The SMILES string of the molecule is CCC1CN(Cc2nc(C)ccc2O)C(CC)CN1. The van der Waals surface area contributed by atoms with Gasteiger partial charge in [0.05, 0.1) is 5.69 Å². The minimum atomic E-state index is 0.312. The molecule has 1 fully saturated rings. The summed E-state index contributed by atoms with van der Waals surface area (Å²) >= 11 is 0. The number of rotatable bonds is 4. The second-order valence-electron chi connectivity index (χ2n) is 5.42. The van der Waals surface area contributed by atoms with E-state index in [2.05, 4.69) is 29.0 Å². The molecule has 0 aliphatic carbocycles. The monoisotopic (exact) mass is 263 g/mol. The van der Waals surface area contributed by atoms with Crippen molar-refractivity contribution in [2.75, 3.05) is 13.1 Å². The minimum absolute atomic E-state index is 0.312. The molecule has 2 N–H and O–H groups in total. The van der Waals surface area contributed by atoms with Crippen LogP contribution in [0, 0.1) is 6.92 Å². The molecule has 1 aliphatic heterocycles. The molecular formula is C15H25N3O. The van der Waals surface area contributed by atoms with Gasteiger partial charge in [0.1, 0.15) is 5.75 Å². The first-order valence-electron chi connectivity index (χ1n) is 7.27. The highest BCUT2D eigenvalue weighted by molar-refractivity contribution is 5.27. The Labute approximate surface area is 115 Å². The molecule has 2 rings (SSSR count). The zero-order chi connectivity index (χ0) is 13.8. The number of piperazine rings is 1. The van der Waals surface area contributed by atoms with Crippen LogP contribution in [0.1, 0.15) is 38.1 Å². The predicted octanol–water partition coefficient (Wildman–Crippen LogP) is 2.06. The van der Waals surface area contributed by atoms with E-state index in [1.165, 1.54) is 0 Å². The fourth-order valence-electron chi connectivity index (χ4n) is 2.71. The molecule has 1 saturated heterocycles. The Bertz CT molecular complexity index is 422. The highest BCUT2D eigenvalue weighted by atomic mass is 16.3. The molecule has 0 saturated carbocycles. The lowest BCUT2D eigenvalue weighted by molar-refractivity contribution is 0.115. The summed E-state index contributed by atoms with van der Waals surface area (Å²) in [5, 5.41) is 13.5. The number of pyridine rings is 1. The van der Waals surface area contributed by atoms with E-state index in [0.717, 1.165) is 43.9 Å². The lowest BCUT2D eigenvalue weighted by atomic mass is 10.0. The average Bonchev–Trinajstić information content (AvgIpc) is 2.42. The van der Waals surface area contributed by atoms with Gasteiger partial charge in [-0.3, -0.25) is 9.88 Å². The summed E-state index contributed by atoms with van der Waals surface area (Å²) in [7, 11) is 0. The zero-order valence-corrected chi connectivity index (χ0v) is 12.2. The molecule has 0 radical (unpaired) electrons. The van der Waals surface area contributed by atoms with E-state index < -0.39 is 0 Å². The third-order valence-corrected chi connectivity index (χ3v) is 4.02. The van der Waals surface area contributed by atoms with E-state index in [4.69, 9.17) is 0 Å². The minimum Gasteiger partial charge on any atom is -0.506 e. The van der Waals surface area contributed by atoms with Crippen LogP contribution in [0.3, 0.4) is 0 Å². The van der Waals surface area contributed by atoms with Crippen molar-refractivity contribution >= 4 is 0 Å². The van der Waals surface area contributed by atoms with E-state index in [1.54, 1.807) is 6.07 Å². The first-order valence-corrected chi connectivity index (χ1v) is 7.27. The maximum absolute atomic E-state index is 9.94. The van der Waals surface area contributed by atoms with Crippen LogP contribution in [0.25, 0.3) is 0 Å². The van der Waals surface area contributed by atoms with Crippen LogP contribution >= 0.6 is 0 Å². The first-order chi connectivity index (χ1) is 9.13. The highest BCUT2D eigenvalue weighted by Crippen LogP contribution is 2.20. The Hall–Kier alpha value is -1.13. The van der Waals surface area contributed by atoms with Gasteiger partial charge in [-0.15, -0.1) is 0 Å². The maximum Gasteiger partial charge on any atom is 0.138 e. The number of nitrogens with zero attached hydrogens (tertiary/aromatic N) is 2. The number of hydrogen-bond acceptors (Lipinski definition) is 4. The average molecular weight is 263 g/mol. The van der Waals surface area contributed by atoms with Crippen molar-refractivity contribution < 1.29 is 5.11 Å². The molecule has 4 nitrogen and oxygen atoms in total. The van der Waals surface area contributed by atoms with Crippen molar-refractivity contribution in [3.8, 4) is 5.75 Å². The van der Waals surface area contributed by atoms with Crippen LogP contribution in [-0.4, -0.2) is 40.2 Å². The van der Waals surface area contributed by atoms with Crippen molar-refractivity contribution in [3.63, 3.8) is 0 Å². The molecule has 19 heavy (non-hydrogen) atoms. The van der Waals surface area contributed by atoms with Crippen LogP contribution in [0.4, 0.5) is 0 Å². The highest BCUT2D eigenvalue weighted by Gasteiger charge is 2.26. The molecule has 2 unspecified atom stereocenters. The van der Waals surface area contributed by atoms with Gasteiger partial charge in [-0.1, -0.05) is 13.8 Å². The van der Waals surface area contributed by atoms with Gasteiger partial charge in [-0.05, 0) is 31.9 Å². The lowest BCUT2D eigenvalue weighted by Crippen LogP contribution is -2.55. The topological polar surface area (TPSA) is 48.4 Å². The molecular weight excluding hydrogens is 238 g/mol. The third kappa shape index (κ3) is 3.45. The van der Waals surface area contributed by atoms with Crippen LogP contribution < -0.4 is 5.32 Å². The number of nitrogens with one attached hydrogen (secondary N) is 1. The molecule has 1 aromatic heterocycles. The van der Waals surface area contributed by atoms with E-state index in [0.29, 0.717) is 17.8 Å². The number of hydrogen-bond donors (Lipinski definition) is 2. The van der Waals surface area contributed by atoms with Crippen molar-refractivity contribution in [2.45, 2.75) is 52.2 Å². The summed E-state index contributed by atoms with van der Waals surface area (Å²) in [5.74, 6) is 0.312. The zero-order valence-electron chi connectivity index (χ0n) is 12.2. The molecule has 1 aromatic rings. The van der Waals surface area contributed by atoms with Gasteiger partial charge >= 0.3 is 0 Å². The van der Waals surface area contributed by atoms with Crippen LogP contribution in [0.15, 0.2) is 12.1 Å². The second-order valence-corrected chi connectivity index (χ2v) is 5.42. The molecule has 2 heterocycles. The largest absolute Gasteiger partial charge is 0.506 e. The Balaban J connectivity index is 2.11. The van der Waals surface area contributed by atoms with Crippen molar-refractivity contribution in [1.82, 2.24) is 15.2 Å². The fourth-order valence-corrected chi connectivity index (χ4v) is 2.71. The van der Waals surface area contributed by atoms with Gasteiger partial charge in [-0.25, -0.2) is 0 Å². The van der Waals surface area contributed by atoms with Crippen molar-refractivity contribution in [3.05, 3.63) is 23.5 Å². The molecule has 0 spiro atoms. The van der Waals surface area contributed by atoms with Gasteiger partial charge < -0.3 is 10.4 Å². The number of aromatic hydroxyl groups is 1. The summed E-state index contributed by atoms with van der Waals surface area (Å²) < 4.78 is 0. The normalized spacial score (nSPS) is 24.6. The summed E-state index contributed by atoms with van der Waals surface area (Å²) in [6.07, 6.45) is 2.26. The van der Waals surface area contributed by atoms with E-state index in [-0.39, 0.29) is 0 Å². The van der Waals surface area contributed by atoms with Crippen LogP contribution in [0.5, 0.6) is 5.75 Å². The molecule has 1 aliphatic rings. The summed E-state index contributed by atoms with van der Waals surface area (Å²) in [6, 6.07) is 4.68. The number of aryl methyl sites for hydroxylation is 1. The fraction of sp³-hybridized carbons (Fsp3) is 0.667. The Morgan fingerprint density at radius 2 is 2.16 bits per heavy atom. The molecule has 0 aromatic carbocycles. The van der Waals surface area contributed by atoms with Gasteiger partial charge in [0.25, 0.3) is 0 Å². The van der Waals surface area contributed by atoms with E-state index in [9.17, 15) is 5.11 Å². The Morgan fingerprint density at radius 1 is 1.37 bits per heavy atom. The summed E-state index contributed by atoms with van der Waals surface area (Å²) in [5.41, 5.74) is 1.76. The van der Waals surface area contributed by atoms with Gasteiger partial charge in [0.2, 0.25) is 0 Å². The van der Waals surface area contributed by atoms with E-state index >= 15 is 0 Å². The molecule has 2 atom stereocenters. The molecule has 0 amide bonds. The van der Waals surface area contributed by atoms with Gasteiger partial charge in [-0.2, -0.15) is 0 Å². The quantitative estimate of drug-likeness (QED) is 0.873. The standard InChI is InChI=1S/C15H25N3O/c1-4-12-9-18(13(5-2)8-16-12)10-14-15(19)7-6-11(3)17-14/h6-7,12-13,16,19H,4-5,8-10H2,1-3H3. The first kappa shape index (κ1) is 14.3. The Morgan fingerprint density at radius 3 is 2.84 bits per heavy atom. The smallest absolute Gasteiger partial charge is 0.138 e. The van der Waals surface area contributed by atoms with Crippen LogP contribution in [0.2, 0.25) is 0 Å². The summed E-state index contributed by atoms with van der Waals surface area (Å²) in [4.78, 5) is 6.92. The van der Waals surface area contributed by atoms with E-state index in [1.807, 2.05) is 13.0 Å². The molecule has 0 bridgehead atoms. The lowest BCUT2D eigenvalue weighted by Gasteiger charge is -2.39. The summed E-state index contributed by atoms with van der Waals surface area (Å²) in [6.45, 7) is 9.20. The second kappa shape index (κ2) is 6.35. The number of aromatic nitrogens is 1. The van der Waals surface area contributed by atoms with Crippen LogP contribution in [-0.2, 0) is 6.54 Å². The predicted molar refractivity (Wildman–Crippen MR) is 77.2 cm³/mol. The van der Waals surface area contributed by atoms with Crippen molar-refractivity contribution in [2.24, 2.45) is 0 Å². The van der Waals surface area contributed by atoms with Gasteiger partial charge in [0, 0.05) is 37.4 Å². The van der Waals surface area contributed by atoms with Gasteiger partial charge in [0.15, 0.2) is 0 Å². The Kier molecular flexibility index (Phi) is 4.77.